The van der Waals surface area contributed by atoms with Gasteiger partial charge in [0.05, 0.1) is 13.2 Å². The van der Waals surface area contributed by atoms with Crippen LogP contribution in [0.3, 0.4) is 0 Å². The molecule has 2 aromatic carbocycles. The third-order valence-corrected chi connectivity index (χ3v) is 3.63. The summed E-state index contributed by atoms with van der Waals surface area (Å²) in [4.78, 5) is 0. The van der Waals surface area contributed by atoms with Crippen LogP contribution in [0, 0.1) is 12.7 Å². The first-order valence-corrected chi connectivity index (χ1v) is 6.29. The first-order valence-electron chi connectivity index (χ1n) is 6.29. The maximum absolute atomic E-state index is 13.2. The highest BCUT2D eigenvalue weighted by molar-refractivity contribution is 6.81. The number of halogens is 1. The summed E-state index contributed by atoms with van der Waals surface area (Å²) in [5.41, 5.74) is 4.94. The minimum absolute atomic E-state index is 0.0411. The van der Waals surface area contributed by atoms with Crippen molar-refractivity contribution < 1.29 is 14.2 Å². The van der Waals surface area contributed by atoms with Crippen LogP contribution < -0.4 is 10.9 Å². The van der Waals surface area contributed by atoms with Crippen molar-refractivity contribution in [1.82, 2.24) is 0 Å². The molecule has 4 heteroatoms. The maximum Gasteiger partial charge on any atom is 0.362 e. The minimum Gasteiger partial charge on any atom is -0.423 e. The Morgan fingerprint density at radius 2 is 2.11 bits per heavy atom. The number of rotatable bonds is 2. The second-order valence-corrected chi connectivity index (χ2v) is 4.88. The van der Waals surface area contributed by atoms with E-state index in [1.807, 2.05) is 25.1 Å². The SMILES string of the molecule is Cc1cc(B2OCc3cc(F)ccc32)ccc1CO. The molecule has 19 heavy (non-hydrogen) atoms. The maximum atomic E-state index is 13.2. The Morgan fingerprint density at radius 3 is 2.84 bits per heavy atom. The standard InChI is InChI=1S/C15H14BFO2/c1-10-6-13(3-2-11(10)8-18)16-15-5-4-14(17)7-12(15)9-19-16/h2-7,18H,8-9H2,1H3. The summed E-state index contributed by atoms with van der Waals surface area (Å²) in [5.74, 6) is -0.227. The van der Waals surface area contributed by atoms with Crippen molar-refractivity contribution in [2.45, 2.75) is 20.1 Å². The number of hydrogen-bond acceptors (Lipinski definition) is 2. The molecule has 1 aliphatic rings. The molecule has 1 aliphatic heterocycles. The molecule has 0 amide bonds. The van der Waals surface area contributed by atoms with E-state index in [1.165, 1.54) is 12.1 Å². The zero-order valence-electron chi connectivity index (χ0n) is 10.7. The van der Waals surface area contributed by atoms with Gasteiger partial charge in [0.1, 0.15) is 5.82 Å². The van der Waals surface area contributed by atoms with Crippen molar-refractivity contribution in [2.24, 2.45) is 0 Å². The molecule has 2 nitrogen and oxygen atoms in total. The fraction of sp³-hybridized carbons (Fsp3) is 0.200. The average Bonchev–Trinajstić information content (AvgIpc) is 2.81. The lowest BCUT2D eigenvalue weighted by Gasteiger charge is -2.10. The Bertz CT molecular complexity index is 628. The topological polar surface area (TPSA) is 29.5 Å². The van der Waals surface area contributed by atoms with Crippen LogP contribution in [-0.2, 0) is 17.9 Å². The van der Waals surface area contributed by atoms with E-state index in [0.717, 1.165) is 27.6 Å². The number of hydrogen-bond donors (Lipinski definition) is 1. The van der Waals surface area contributed by atoms with Crippen molar-refractivity contribution in [1.29, 1.82) is 0 Å². The molecular weight excluding hydrogens is 242 g/mol. The predicted octanol–water partition coefficient (Wildman–Crippen LogP) is 1.26. The van der Waals surface area contributed by atoms with E-state index >= 15 is 0 Å². The van der Waals surface area contributed by atoms with Gasteiger partial charge in [0, 0.05) is 0 Å². The smallest absolute Gasteiger partial charge is 0.362 e. The van der Waals surface area contributed by atoms with Gasteiger partial charge in [-0.3, -0.25) is 0 Å². The van der Waals surface area contributed by atoms with E-state index in [9.17, 15) is 9.50 Å². The Morgan fingerprint density at radius 1 is 1.26 bits per heavy atom. The van der Waals surface area contributed by atoms with E-state index in [1.54, 1.807) is 6.07 Å². The number of aryl methyl sites for hydroxylation is 1. The fourth-order valence-electron chi connectivity index (χ4n) is 2.55. The van der Waals surface area contributed by atoms with Gasteiger partial charge in [-0.05, 0) is 46.7 Å². The van der Waals surface area contributed by atoms with Crippen LogP contribution in [0.15, 0.2) is 36.4 Å². The monoisotopic (exact) mass is 256 g/mol. The second-order valence-electron chi connectivity index (χ2n) is 4.88. The highest BCUT2D eigenvalue weighted by atomic mass is 19.1. The molecule has 0 atom stereocenters. The van der Waals surface area contributed by atoms with Crippen molar-refractivity contribution in [3.63, 3.8) is 0 Å². The first-order chi connectivity index (χ1) is 9.19. The number of benzene rings is 2. The molecule has 2 aromatic rings. The summed E-state index contributed by atoms with van der Waals surface area (Å²) in [6, 6.07) is 10.7. The molecule has 0 spiro atoms. The fourth-order valence-corrected chi connectivity index (χ4v) is 2.55. The molecular formula is C15H14BFO2. The van der Waals surface area contributed by atoms with Gasteiger partial charge in [-0.2, -0.15) is 0 Å². The van der Waals surface area contributed by atoms with Crippen LogP contribution in [0.4, 0.5) is 4.39 Å². The molecule has 0 radical (unpaired) electrons. The highest BCUT2D eigenvalue weighted by Crippen LogP contribution is 2.14. The summed E-state index contributed by atoms with van der Waals surface area (Å²) in [5, 5.41) is 9.19. The molecule has 0 aliphatic carbocycles. The van der Waals surface area contributed by atoms with E-state index in [0.29, 0.717) is 6.61 Å². The average molecular weight is 256 g/mol. The molecule has 0 unspecified atom stereocenters. The zero-order chi connectivity index (χ0) is 13.4. The van der Waals surface area contributed by atoms with E-state index in [4.69, 9.17) is 4.65 Å². The normalized spacial score (nSPS) is 13.7. The first kappa shape index (κ1) is 12.4. The lowest BCUT2D eigenvalue weighted by Crippen LogP contribution is -2.41. The highest BCUT2D eigenvalue weighted by Gasteiger charge is 2.30. The molecule has 96 valence electrons. The lowest BCUT2D eigenvalue weighted by atomic mass is 9.55. The Balaban J connectivity index is 1.99. The second kappa shape index (κ2) is 4.80. The Hall–Kier alpha value is -1.65. The lowest BCUT2D eigenvalue weighted by molar-refractivity contribution is 0.281. The van der Waals surface area contributed by atoms with Gasteiger partial charge < -0.3 is 9.76 Å². The molecule has 0 bridgehead atoms. The zero-order valence-corrected chi connectivity index (χ0v) is 10.7. The minimum atomic E-state index is -0.227. The van der Waals surface area contributed by atoms with Crippen LogP contribution in [0.1, 0.15) is 16.7 Å². The number of aliphatic hydroxyl groups excluding tert-OH is 1. The van der Waals surface area contributed by atoms with E-state index in [-0.39, 0.29) is 19.3 Å². The molecule has 0 saturated heterocycles. The molecule has 1 heterocycles. The van der Waals surface area contributed by atoms with Crippen molar-refractivity contribution in [3.05, 3.63) is 58.9 Å². The molecule has 0 fully saturated rings. The van der Waals surface area contributed by atoms with Crippen LogP contribution in [0.25, 0.3) is 0 Å². The summed E-state index contributed by atoms with van der Waals surface area (Å²) in [7, 11) is 0. The third-order valence-electron chi connectivity index (χ3n) is 3.63. The molecule has 3 rings (SSSR count). The van der Waals surface area contributed by atoms with Crippen LogP contribution in [0.5, 0.6) is 0 Å². The van der Waals surface area contributed by atoms with Gasteiger partial charge in [0.2, 0.25) is 0 Å². The molecule has 1 N–H and O–H groups in total. The largest absolute Gasteiger partial charge is 0.423 e. The Kier molecular flexibility index (Phi) is 3.13. The number of aliphatic hydroxyl groups is 1. The van der Waals surface area contributed by atoms with Gasteiger partial charge in [-0.1, -0.05) is 24.3 Å². The summed E-state index contributed by atoms with van der Waals surface area (Å²) in [6.45, 7) is 2.31. The molecule has 0 aromatic heterocycles. The third kappa shape index (κ3) is 2.18. The van der Waals surface area contributed by atoms with Crippen LogP contribution in [0.2, 0.25) is 0 Å². The molecule has 0 saturated carbocycles. The predicted molar refractivity (Wildman–Crippen MR) is 73.3 cm³/mol. The number of fused-ring (bicyclic) bond motifs is 1. The van der Waals surface area contributed by atoms with E-state index in [2.05, 4.69) is 0 Å². The summed E-state index contributed by atoms with van der Waals surface area (Å²) in [6.07, 6.45) is 0. The van der Waals surface area contributed by atoms with Gasteiger partial charge >= 0.3 is 6.92 Å². The van der Waals surface area contributed by atoms with Crippen molar-refractivity contribution in [3.8, 4) is 0 Å². The van der Waals surface area contributed by atoms with Crippen molar-refractivity contribution >= 4 is 17.8 Å². The van der Waals surface area contributed by atoms with Gasteiger partial charge in [0.25, 0.3) is 0 Å². The Labute approximate surface area is 112 Å². The quantitative estimate of drug-likeness (QED) is 0.820. The van der Waals surface area contributed by atoms with Crippen LogP contribution >= 0.6 is 0 Å². The van der Waals surface area contributed by atoms with Gasteiger partial charge in [0.15, 0.2) is 0 Å². The van der Waals surface area contributed by atoms with E-state index < -0.39 is 0 Å². The van der Waals surface area contributed by atoms with Gasteiger partial charge in [-0.15, -0.1) is 0 Å². The van der Waals surface area contributed by atoms with Crippen LogP contribution in [-0.4, -0.2) is 12.0 Å². The summed E-state index contributed by atoms with van der Waals surface area (Å²) < 4.78 is 18.9. The van der Waals surface area contributed by atoms with Crippen molar-refractivity contribution in [2.75, 3.05) is 0 Å². The summed E-state index contributed by atoms with van der Waals surface area (Å²) >= 11 is 0. The van der Waals surface area contributed by atoms with Gasteiger partial charge in [-0.25, -0.2) is 4.39 Å².